The number of aromatic amines is 1. The summed E-state index contributed by atoms with van der Waals surface area (Å²) >= 11 is 6.13. The van der Waals surface area contributed by atoms with Gasteiger partial charge in [-0.3, -0.25) is 9.89 Å². The Bertz CT molecular complexity index is 1160. The third kappa shape index (κ3) is 3.18. The Morgan fingerprint density at radius 2 is 2.15 bits per heavy atom. The molecule has 3 aromatic rings. The molecule has 140 valence electrons. The zero-order chi connectivity index (χ0) is 19.2. The van der Waals surface area contributed by atoms with Crippen molar-refractivity contribution in [3.63, 3.8) is 0 Å². The van der Waals surface area contributed by atoms with E-state index in [4.69, 9.17) is 11.6 Å². The van der Waals surface area contributed by atoms with Crippen molar-refractivity contribution in [2.45, 2.75) is 24.8 Å². The average Bonchev–Trinajstić information content (AvgIpc) is 3.11. The molecule has 0 spiro atoms. The highest BCUT2D eigenvalue weighted by Gasteiger charge is 2.30. The van der Waals surface area contributed by atoms with Gasteiger partial charge in [-0.05, 0) is 35.7 Å². The van der Waals surface area contributed by atoms with Gasteiger partial charge < -0.3 is 5.32 Å². The minimum absolute atomic E-state index is 0.0856. The summed E-state index contributed by atoms with van der Waals surface area (Å²) in [4.78, 5) is 15.6. The molecule has 8 nitrogen and oxygen atoms in total. The second kappa shape index (κ2) is 6.59. The van der Waals surface area contributed by atoms with Gasteiger partial charge in [0.2, 0.25) is 15.9 Å². The van der Waals surface area contributed by atoms with Crippen LogP contribution in [0.5, 0.6) is 0 Å². The van der Waals surface area contributed by atoms with Crippen LogP contribution in [0.4, 0.5) is 5.69 Å². The van der Waals surface area contributed by atoms with Crippen LogP contribution in [0.2, 0.25) is 5.02 Å². The van der Waals surface area contributed by atoms with Crippen LogP contribution >= 0.6 is 11.6 Å². The second-order valence-corrected chi connectivity index (χ2v) is 8.65. The predicted octanol–water partition coefficient (Wildman–Crippen LogP) is 2.32. The van der Waals surface area contributed by atoms with E-state index in [9.17, 15) is 13.2 Å². The van der Waals surface area contributed by atoms with Gasteiger partial charge in [0.1, 0.15) is 0 Å². The van der Waals surface area contributed by atoms with Gasteiger partial charge >= 0.3 is 0 Å². The van der Waals surface area contributed by atoms with Crippen LogP contribution in [0.15, 0.2) is 35.5 Å². The average molecular weight is 406 g/mol. The third-order valence-corrected chi connectivity index (χ3v) is 6.68. The van der Waals surface area contributed by atoms with Gasteiger partial charge in [-0.1, -0.05) is 11.6 Å². The molecule has 0 fully saturated rings. The molecule has 1 aliphatic heterocycles. The maximum atomic E-state index is 13.0. The molecule has 0 aliphatic carbocycles. The second-order valence-electron chi connectivity index (χ2n) is 6.31. The lowest BCUT2D eigenvalue weighted by Gasteiger charge is -2.28. The number of fused-ring (bicyclic) bond motifs is 3. The number of carbonyl (C=O) groups excluding carboxylic acids is 1. The number of H-pyrrole nitrogens is 1. The van der Waals surface area contributed by atoms with Crippen molar-refractivity contribution < 1.29 is 13.2 Å². The Balaban J connectivity index is 1.65. The first-order valence-corrected chi connectivity index (χ1v) is 10.0. The lowest BCUT2D eigenvalue weighted by molar-refractivity contribution is -0.114. The van der Waals surface area contributed by atoms with E-state index in [2.05, 4.69) is 20.5 Å². The summed E-state index contributed by atoms with van der Waals surface area (Å²) in [7, 11) is -3.73. The highest BCUT2D eigenvalue weighted by atomic mass is 35.5. The van der Waals surface area contributed by atoms with Gasteiger partial charge in [0.15, 0.2) is 5.65 Å². The number of anilines is 1. The van der Waals surface area contributed by atoms with E-state index < -0.39 is 10.0 Å². The molecule has 2 N–H and O–H groups in total. The van der Waals surface area contributed by atoms with Gasteiger partial charge in [-0.25, -0.2) is 13.4 Å². The smallest absolute Gasteiger partial charge is 0.243 e. The van der Waals surface area contributed by atoms with Gasteiger partial charge in [-0.15, -0.1) is 0 Å². The summed E-state index contributed by atoms with van der Waals surface area (Å²) in [5.41, 5.74) is 3.00. The minimum atomic E-state index is -3.73. The molecule has 1 aromatic carbocycles. The summed E-state index contributed by atoms with van der Waals surface area (Å²) in [6.07, 6.45) is 3.97. The number of amides is 1. The number of nitrogens with one attached hydrogen (secondary N) is 2. The molecule has 10 heteroatoms. The third-order valence-electron chi connectivity index (χ3n) is 4.53. The fourth-order valence-electron chi connectivity index (χ4n) is 3.23. The highest BCUT2D eigenvalue weighted by molar-refractivity contribution is 7.89. The first-order valence-electron chi connectivity index (χ1n) is 8.23. The number of hydrogen-bond acceptors (Lipinski definition) is 5. The summed E-state index contributed by atoms with van der Waals surface area (Å²) in [6.45, 7) is 1.94. The summed E-state index contributed by atoms with van der Waals surface area (Å²) in [6, 6.07) is 4.29. The van der Waals surface area contributed by atoms with E-state index in [1.807, 2.05) is 0 Å². The number of pyridine rings is 1. The van der Waals surface area contributed by atoms with Crippen molar-refractivity contribution in [3.8, 4) is 0 Å². The molecule has 1 amide bonds. The summed E-state index contributed by atoms with van der Waals surface area (Å²) in [5, 5.41) is 10.5. The molecule has 3 heterocycles. The van der Waals surface area contributed by atoms with Crippen LogP contribution in [-0.2, 0) is 27.8 Å². The molecular formula is C17H16ClN5O3S. The lowest BCUT2D eigenvalue weighted by atomic mass is 10.0. The van der Waals surface area contributed by atoms with Crippen molar-refractivity contribution >= 4 is 44.3 Å². The minimum Gasteiger partial charge on any atom is -0.325 e. The zero-order valence-corrected chi connectivity index (χ0v) is 15.9. The number of hydrogen-bond donors (Lipinski definition) is 2. The van der Waals surface area contributed by atoms with Crippen molar-refractivity contribution in [2.24, 2.45) is 0 Å². The van der Waals surface area contributed by atoms with Gasteiger partial charge in [0.05, 0.1) is 21.8 Å². The van der Waals surface area contributed by atoms with Crippen molar-refractivity contribution in [3.05, 3.63) is 46.7 Å². The topological polar surface area (TPSA) is 108 Å². The van der Waals surface area contributed by atoms with Crippen molar-refractivity contribution in [1.29, 1.82) is 0 Å². The SMILES string of the molecule is CC(=O)Nc1ccc(S(=O)(=O)N2CCc3c(cnc4[nH]ncc34)C2)cc1Cl. The van der Waals surface area contributed by atoms with Crippen LogP contribution in [0.1, 0.15) is 18.1 Å². The molecule has 0 unspecified atom stereocenters. The Morgan fingerprint density at radius 1 is 1.33 bits per heavy atom. The first kappa shape index (κ1) is 17.9. The highest BCUT2D eigenvalue weighted by Crippen LogP contribution is 2.31. The van der Waals surface area contributed by atoms with E-state index in [1.54, 1.807) is 12.4 Å². The Kier molecular flexibility index (Phi) is 4.37. The lowest BCUT2D eigenvalue weighted by Crippen LogP contribution is -2.36. The quantitative estimate of drug-likeness (QED) is 0.695. The Hall–Kier alpha value is -2.49. The summed E-state index contributed by atoms with van der Waals surface area (Å²) in [5.74, 6) is -0.279. The fraction of sp³-hybridized carbons (Fsp3) is 0.235. The number of rotatable bonds is 3. The monoisotopic (exact) mass is 405 g/mol. The van der Waals surface area contributed by atoms with E-state index in [0.29, 0.717) is 24.3 Å². The fourth-order valence-corrected chi connectivity index (χ4v) is 4.97. The molecular weight excluding hydrogens is 390 g/mol. The normalized spacial score (nSPS) is 14.9. The van der Waals surface area contributed by atoms with Gasteiger partial charge in [-0.2, -0.15) is 9.40 Å². The molecule has 0 bridgehead atoms. The number of sulfonamides is 1. The largest absolute Gasteiger partial charge is 0.325 e. The van der Waals surface area contributed by atoms with E-state index >= 15 is 0 Å². The number of benzene rings is 1. The van der Waals surface area contributed by atoms with E-state index in [1.165, 1.54) is 29.4 Å². The molecule has 4 rings (SSSR count). The first-order chi connectivity index (χ1) is 12.9. The van der Waals surface area contributed by atoms with Crippen molar-refractivity contribution in [1.82, 2.24) is 19.5 Å². The molecule has 0 saturated carbocycles. The van der Waals surface area contributed by atoms with Crippen LogP contribution in [0, 0.1) is 0 Å². The summed E-state index contributed by atoms with van der Waals surface area (Å²) < 4.78 is 27.5. The molecule has 27 heavy (non-hydrogen) atoms. The van der Waals surface area contributed by atoms with Gasteiger partial charge in [0, 0.05) is 31.6 Å². The van der Waals surface area contributed by atoms with Crippen LogP contribution in [0.25, 0.3) is 11.0 Å². The maximum absolute atomic E-state index is 13.0. The molecule has 1 aliphatic rings. The van der Waals surface area contributed by atoms with E-state index in [-0.39, 0.29) is 22.4 Å². The number of aromatic nitrogens is 3. The predicted molar refractivity (Wildman–Crippen MR) is 101 cm³/mol. The maximum Gasteiger partial charge on any atom is 0.243 e. The standard InChI is InChI=1S/C17H16ClN5O3S/c1-10(24)21-16-3-2-12(6-15(16)18)27(25,26)23-5-4-13-11(9-23)7-19-17-14(13)8-20-22-17/h2-3,6-8H,4-5,9H2,1H3,(H,21,24)(H,19,20,22). The Morgan fingerprint density at radius 3 is 2.89 bits per heavy atom. The van der Waals surface area contributed by atoms with E-state index in [0.717, 1.165) is 16.5 Å². The zero-order valence-electron chi connectivity index (χ0n) is 14.4. The van der Waals surface area contributed by atoms with Crippen LogP contribution < -0.4 is 5.32 Å². The Labute approximate surface area is 160 Å². The van der Waals surface area contributed by atoms with Crippen molar-refractivity contribution in [2.75, 3.05) is 11.9 Å². The molecule has 2 aromatic heterocycles. The van der Waals surface area contributed by atoms with Gasteiger partial charge in [0.25, 0.3) is 0 Å². The van der Waals surface area contributed by atoms with Crippen LogP contribution in [0.3, 0.4) is 0 Å². The number of halogens is 1. The van der Waals surface area contributed by atoms with Crippen LogP contribution in [-0.4, -0.2) is 40.4 Å². The molecule has 0 saturated heterocycles. The number of carbonyl (C=O) groups is 1. The number of nitrogens with zero attached hydrogens (tertiary/aromatic N) is 3. The molecule has 0 radical (unpaired) electrons. The molecule has 0 atom stereocenters.